The van der Waals surface area contributed by atoms with Crippen molar-refractivity contribution in [2.45, 2.75) is 32.6 Å². The summed E-state index contributed by atoms with van der Waals surface area (Å²) in [5.74, 6) is 0.146. The van der Waals surface area contributed by atoms with Crippen molar-refractivity contribution >= 4 is 22.8 Å². The van der Waals surface area contributed by atoms with Crippen LogP contribution in [0.15, 0.2) is 103 Å². The number of nitrogens with zero attached hydrogens (tertiary/aromatic N) is 4. The number of amides is 2. The van der Waals surface area contributed by atoms with Gasteiger partial charge in [0.15, 0.2) is 0 Å². The molecule has 40 heavy (non-hydrogen) atoms. The Morgan fingerprint density at radius 1 is 0.900 bits per heavy atom. The smallest absolute Gasteiger partial charge is 0.247 e. The van der Waals surface area contributed by atoms with Crippen LogP contribution in [0.5, 0.6) is 5.75 Å². The van der Waals surface area contributed by atoms with Crippen molar-refractivity contribution in [3.63, 3.8) is 0 Å². The lowest BCUT2D eigenvalue weighted by Crippen LogP contribution is -2.44. The van der Waals surface area contributed by atoms with Crippen LogP contribution in [0.25, 0.3) is 11.0 Å². The summed E-state index contributed by atoms with van der Waals surface area (Å²) in [7, 11) is 1.60. The first kappa shape index (κ1) is 26.6. The zero-order chi connectivity index (χ0) is 27.9. The van der Waals surface area contributed by atoms with E-state index in [0.717, 1.165) is 27.8 Å². The molecule has 1 unspecified atom stereocenters. The Labute approximate surface area is 233 Å². The summed E-state index contributed by atoms with van der Waals surface area (Å²) in [5.41, 5.74) is 4.93. The summed E-state index contributed by atoms with van der Waals surface area (Å²) in [6.45, 7) is 2.42. The van der Waals surface area contributed by atoms with Crippen LogP contribution in [0, 0.1) is 6.92 Å². The molecule has 0 bridgehead atoms. The van der Waals surface area contributed by atoms with Gasteiger partial charge in [-0.2, -0.15) is 0 Å². The molecule has 0 fully saturated rings. The second kappa shape index (κ2) is 12.3. The standard InChI is InChI=1S/C32H31N5O3/c1-23-11-6-7-16-27(23)31(32(39)33-20-24-12-4-3-5-13-24)36(21-25-14-10-15-26(19-25)40-2)30(38)22-37-29-18-9-8-17-28(29)34-35-37/h3-19,31H,20-22H2,1-2H3,(H,33,39). The summed E-state index contributed by atoms with van der Waals surface area (Å²) in [6, 6.07) is 31.5. The zero-order valence-electron chi connectivity index (χ0n) is 22.5. The van der Waals surface area contributed by atoms with Gasteiger partial charge >= 0.3 is 0 Å². The molecule has 0 aliphatic rings. The van der Waals surface area contributed by atoms with Crippen LogP contribution in [0.4, 0.5) is 0 Å². The first-order valence-corrected chi connectivity index (χ1v) is 13.1. The monoisotopic (exact) mass is 533 g/mol. The highest BCUT2D eigenvalue weighted by molar-refractivity contribution is 5.89. The molecule has 0 aliphatic carbocycles. The summed E-state index contributed by atoms with van der Waals surface area (Å²) in [5, 5.41) is 11.5. The fraction of sp³-hybridized carbons (Fsp3) is 0.188. The normalized spacial score (nSPS) is 11.7. The highest BCUT2D eigenvalue weighted by atomic mass is 16.5. The van der Waals surface area contributed by atoms with E-state index in [4.69, 9.17) is 4.74 Å². The number of carbonyl (C=O) groups is 2. The van der Waals surface area contributed by atoms with E-state index in [9.17, 15) is 9.59 Å². The van der Waals surface area contributed by atoms with E-state index in [1.165, 1.54) is 0 Å². The Morgan fingerprint density at radius 3 is 2.42 bits per heavy atom. The molecule has 5 aromatic rings. The van der Waals surface area contributed by atoms with Crippen molar-refractivity contribution in [2.75, 3.05) is 7.11 Å². The van der Waals surface area contributed by atoms with Gasteiger partial charge in [0.25, 0.3) is 0 Å². The molecule has 0 spiro atoms. The number of carbonyl (C=O) groups excluding carboxylic acids is 2. The molecule has 0 saturated heterocycles. The largest absolute Gasteiger partial charge is 0.497 e. The van der Waals surface area contributed by atoms with Gasteiger partial charge in [0, 0.05) is 13.1 Å². The third-order valence-corrected chi connectivity index (χ3v) is 6.87. The van der Waals surface area contributed by atoms with Crippen molar-refractivity contribution in [2.24, 2.45) is 0 Å². The van der Waals surface area contributed by atoms with Gasteiger partial charge in [0.1, 0.15) is 23.9 Å². The van der Waals surface area contributed by atoms with Crippen molar-refractivity contribution in [1.82, 2.24) is 25.2 Å². The van der Waals surface area contributed by atoms with Gasteiger partial charge in [-0.1, -0.05) is 84.1 Å². The number of fused-ring (bicyclic) bond motifs is 1. The minimum Gasteiger partial charge on any atom is -0.497 e. The Hall–Kier alpha value is -4.98. The van der Waals surface area contributed by atoms with Gasteiger partial charge < -0.3 is 15.0 Å². The number of hydrogen-bond acceptors (Lipinski definition) is 5. The highest BCUT2D eigenvalue weighted by Crippen LogP contribution is 2.28. The number of nitrogens with one attached hydrogen (secondary N) is 1. The molecule has 202 valence electrons. The number of rotatable bonds is 10. The quantitative estimate of drug-likeness (QED) is 0.278. The second-order valence-electron chi connectivity index (χ2n) is 9.57. The minimum absolute atomic E-state index is 0.0706. The van der Waals surface area contributed by atoms with Crippen molar-refractivity contribution in [3.05, 3.63) is 125 Å². The van der Waals surface area contributed by atoms with Crippen molar-refractivity contribution in [1.29, 1.82) is 0 Å². The maximum Gasteiger partial charge on any atom is 0.247 e. The Balaban J connectivity index is 1.53. The number of hydrogen-bond donors (Lipinski definition) is 1. The Kier molecular flexibility index (Phi) is 8.15. The topological polar surface area (TPSA) is 89.3 Å². The fourth-order valence-corrected chi connectivity index (χ4v) is 4.77. The maximum atomic E-state index is 14.1. The van der Waals surface area contributed by atoms with Crippen LogP contribution in [0.2, 0.25) is 0 Å². The van der Waals surface area contributed by atoms with Crippen LogP contribution >= 0.6 is 0 Å². The number of para-hydroxylation sites is 1. The van der Waals surface area contributed by atoms with E-state index in [1.54, 1.807) is 16.7 Å². The number of aromatic nitrogens is 3. The molecule has 1 atom stereocenters. The molecule has 8 nitrogen and oxygen atoms in total. The van der Waals surface area contributed by atoms with Crippen LogP contribution in [-0.2, 0) is 29.2 Å². The molecular weight excluding hydrogens is 502 g/mol. The zero-order valence-corrected chi connectivity index (χ0v) is 22.5. The number of ether oxygens (including phenoxy) is 1. The predicted octanol–water partition coefficient (Wildman–Crippen LogP) is 4.83. The third kappa shape index (κ3) is 6.02. The van der Waals surface area contributed by atoms with Gasteiger partial charge in [-0.3, -0.25) is 9.59 Å². The van der Waals surface area contributed by atoms with Gasteiger partial charge in [-0.05, 0) is 53.4 Å². The van der Waals surface area contributed by atoms with Crippen LogP contribution in [0.1, 0.15) is 28.3 Å². The Bertz CT molecular complexity index is 1620. The molecule has 1 aromatic heterocycles. The molecule has 4 aromatic carbocycles. The molecule has 0 radical (unpaired) electrons. The van der Waals surface area contributed by atoms with Gasteiger partial charge in [-0.15, -0.1) is 5.10 Å². The molecular formula is C32H31N5O3. The molecule has 0 aliphatic heterocycles. The fourth-order valence-electron chi connectivity index (χ4n) is 4.77. The van der Waals surface area contributed by atoms with E-state index in [-0.39, 0.29) is 24.9 Å². The molecule has 1 N–H and O–H groups in total. The van der Waals surface area contributed by atoms with Crippen LogP contribution < -0.4 is 10.1 Å². The first-order chi connectivity index (χ1) is 19.5. The van der Waals surface area contributed by atoms with Gasteiger partial charge in [-0.25, -0.2) is 4.68 Å². The molecule has 2 amide bonds. The van der Waals surface area contributed by atoms with E-state index in [0.29, 0.717) is 17.8 Å². The van der Waals surface area contributed by atoms with E-state index >= 15 is 0 Å². The van der Waals surface area contributed by atoms with E-state index in [1.807, 2.05) is 110 Å². The summed E-state index contributed by atoms with van der Waals surface area (Å²) < 4.78 is 7.00. The van der Waals surface area contributed by atoms with Gasteiger partial charge in [0.05, 0.1) is 12.6 Å². The summed E-state index contributed by atoms with van der Waals surface area (Å²) >= 11 is 0. The summed E-state index contributed by atoms with van der Waals surface area (Å²) in [6.07, 6.45) is 0. The second-order valence-corrected chi connectivity index (χ2v) is 9.57. The number of aryl methyl sites for hydroxylation is 1. The van der Waals surface area contributed by atoms with Crippen molar-refractivity contribution < 1.29 is 14.3 Å². The van der Waals surface area contributed by atoms with Crippen LogP contribution in [-0.4, -0.2) is 38.8 Å². The highest BCUT2D eigenvalue weighted by Gasteiger charge is 2.33. The van der Waals surface area contributed by atoms with E-state index < -0.39 is 6.04 Å². The lowest BCUT2D eigenvalue weighted by atomic mass is 9.98. The van der Waals surface area contributed by atoms with Gasteiger partial charge in [0.2, 0.25) is 11.8 Å². The molecule has 1 heterocycles. The SMILES string of the molecule is COc1cccc(CN(C(=O)Cn2nnc3ccccc32)C(C(=O)NCc2ccccc2)c2ccccc2C)c1. The maximum absolute atomic E-state index is 14.1. The predicted molar refractivity (Wildman–Crippen MR) is 153 cm³/mol. The third-order valence-electron chi connectivity index (χ3n) is 6.87. The van der Waals surface area contributed by atoms with E-state index in [2.05, 4.69) is 15.6 Å². The lowest BCUT2D eigenvalue weighted by Gasteiger charge is -2.32. The molecule has 5 rings (SSSR count). The average molecular weight is 534 g/mol. The Morgan fingerprint density at radius 2 is 1.62 bits per heavy atom. The lowest BCUT2D eigenvalue weighted by molar-refractivity contribution is -0.142. The average Bonchev–Trinajstić information content (AvgIpc) is 3.39. The van der Waals surface area contributed by atoms with Crippen molar-refractivity contribution in [3.8, 4) is 5.75 Å². The van der Waals surface area contributed by atoms with Crippen LogP contribution in [0.3, 0.4) is 0 Å². The minimum atomic E-state index is -0.876. The number of methoxy groups -OCH3 is 1. The number of benzene rings is 4. The molecule has 8 heteroatoms. The summed E-state index contributed by atoms with van der Waals surface area (Å²) in [4.78, 5) is 29.7. The first-order valence-electron chi connectivity index (χ1n) is 13.1. The molecule has 0 saturated carbocycles.